The molecule has 64 heavy (non-hydrogen) atoms. The van der Waals surface area contributed by atoms with Crippen LogP contribution in [0.5, 0.6) is 0 Å². The second-order valence-corrected chi connectivity index (χ2v) is 17.7. The maximum absolute atomic E-state index is 14.1. The van der Waals surface area contributed by atoms with E-state index in [2.05, 4.69) is 31.0 Å². The summed E-state index contributed by atoms with van der Waals surface area (Å²) >= 11 is 0. The number of hydrogen-bond donors (Lipinski definition) is 7. The lowest BCUT2D eigenvalue weighted by Crippen LogP contribution is -2.49. The third-order valence-corrected chi connectivity index (χ3v) is 12.2. The van der Waals surface area contributed by atoms with Gasteiger partial charge in [-0.15, -0.1) is 6.58 Å². The van der Waals surface area contributed by atoms with Crippen molar-refractivity contribution in [1.29, 1.82) is 0 Å². The Balaban J connectivity index is 1.25. The first-order valence-electron chi connectivity index (χ1n) is 19.6. The van der Waals surface area contributed by atoms with Crippen molar-refractivity contribution in [2.45, 2.75) is 93.1 Å². The van der Waals surface area contributed by atoms with Crippen LogP contribution >= 0.6 is 15.6 Å². The Labute approximate surface area is 361 Å². The highest BCUT2D eigenvalue weighted by atomic mass is 31.2. The molecule has 354 valence electrons. The Hall–Kier alpha value is -4.41. The molecule has 1 amide bonds. The van der Waals surface area contributed by atoms with Crippen LogP contribution in [0.15, 0.2) is 42.4 Å². The van der Waals surface area contributed by atoms with Gasteiger partial charge in [0.05, 0.1) is 19.5 Å². The first kappa shape index (κ1) is 49.0. The van der Waals surface area contributed by atoms with E-state index in [-0.39, 0.29) is 61.7 Å². The van der Waals surface area contributed by atoms with E-state index >= 15 is 0 Å². The standard InChI is InChI=1S/C34H48F2N10O16P2/c1-3-4-5-22(47)43(2)18(6-10-44-12-8-34(35,36)9-13-44)32(50)61-26-19(59-31(24(26)48)46-17-41-23-28(38)39-16-40-29(23)46)15-58-64(55,56)62-27-20(14-57-63(52,53)54)60-30(25(27)49)45-11-7-21(37)42-33(45)51/h3,7,11,16-20,24-27,30-31,48-49H,1,4-6,8-10,12-15H2,2H3,(H,55,56)(H2,37,42,51)(H2,38,39,40)(H2,52,53,54)/t18?,19-,20-,24-,25-,26-,27-,30-,31-/m1/s1. The van der Waals surface area contributed by atoms with Gasteiger partial charge in [0.1, 0.15) is 54.2 Å². The van der Waals surface area contributed by atoms with Crippen LogP contribution in [-0.4, -0.2) is 164 Å². The van der Waals surface area contributed by atoms with Gasteiger partial charge >= 0.3 is 27.3 Å². The third kappa shape index (κ3) is 11.7. The minimum Gasteiger partial charge on any atom is -0.455 e. The van der Waals surface area contributed by atoms with E-state index in [4.69, 9.17) is 34.7 Å². The van der Waals surface area contributed by atoms with Crippen LogP contribution < -0.4 is 17.2 Å². The summed E-state index contributed by atoms with van der Waals surface area (Å²) in [5.74, 6) is -4.64. The molecule has 3 aromatic heterocycles. The number of rotatable bonds is 19. The molecule has 3 saturated heterocycles. The number of phosphoric ester groups is 2. The number of nitrogens with zero attached hydrogens (tertiary/aromatic N) is 8. The number of hydrogen-bond acceptors (Lipinski definition) is 20. The number of likely N-dealkylation sites (N-methyl/N-ethyl adjacent to an activating group) is 1. The average molecular weight is 953 g/mol. The number of carbonyl (C=O) groups is 2. The van der Waals surface area contributed by atoms with E-state index in [1.165, 1.54) is 24.0 Å². The van der Waals surface area contributed by atoms with Crippen molar-refractivity contribution in [1.82, 2.24) is 38.9 Å². The van der Waals surface area contributed by atoms with Gasteiger partial charge in [-0.05, 0) is 18.9 Å². The summed E-state index contributed by atoms with van der Waals surface area (Å²) in [5.41, 5.74) is 10.6. The molecule has 3 aromatic rings. The highest BCUT2D eigenvalue weighted by Crippen LogP contribution is 2.50. The van der Waals surface area contributed by atoms with Gasteiger partial charge in [0.15, 0.2) is 30.0 Å². The normalized spacial score (nSPS) is 27.6. The number of likely N-dealkylation sites (tertiary alicyclic amines) is 1. The van der Waals surface area contributed by atoms with E-state index in [1.54, 1.807) is 4.90 Å². The number of phosphoric acid groups is 2. The number of alkyl halides is 2. The Bertz CT molecular complexity index is 2310. The number of piperidine rings is 1. The second kappa shape index (κ2) is 20.0. The number of ether oxygens (including phenoxy) is 3. The SMILES string of the molecule is C=CCCC(=O)N(C)C(CCN1CCC(F)(F)CC1)C(=O)O[C@H]1[C@@H](O)[C@H](n2cnc3c(N)ncnc32)O[C@@H]1COP(=O)(O)O[C@H]1[C@@H](O)[C@H](n2ccc(N)nc2=O)O[C@@H]1COP(=O)(O)O. The zero-order chi connectivity index (χ0) is 46.7. The summed E-state index contributed by atoms with van der Waals surface area (Å²) in [5, 5.41) is 22.9. The number of aliphatic hydroxyl groups excluding tert-OH is 2. The molecule has 0 spiro atoms. The van der Waals surface area contributed by atoms with E-state index in [1.807, 2.05) is 0 Å². The highest BCUT2D eigenvalue weighted by Gasteiger charge is 2.52. The molecule has 0 bridgehead atoms. The van der Waals surface area contributed by atoms with Crippen LogP contribution in [0.4, 0.5) is 20.4 Å². The molecular formula is C34H48F2N10O16P2. The number of amides is 1. The van der Waals surface area contributed by atoms with Gasteiger partial charge in [-0.3, -0.25) is 27.5 Å². The molecule has 10 atom stereocenters. The Morgan fingerprint density at radius 3 is 2.33 bits per heavy atom. The predicted molar refractivity (Wildman–Crippen MR) is 212 cm³/mol. The fourth-order valence-corrected chi connectivity index (χ4v) is 8.61. The van der Waals surface area contributed by atoms with E-state index in [9.17, 15) is 57.2 Å². The monoisotopic (exact) mass is 952 g/mol. The number of aromatic nitrogens is 6. The predicted octanol–water partition coefficient (Wildman–Crippen LogP) is -0.798. The largest absolute Gasteiger partial charge is 0.472 e. The van der Waals surface area contributed by atoms with Crippen molar-refractivity contribution in [2.24, 2.45) is 0 Å². The van der Waals surface area contributed by atoms with E-state index in [0.29, 0.717) is 0 Å². The molecule has 3 fully saturated rings. The summed E-state index contributed by atoms with van der Waals surface area (Å²) < 4.78 is 87.4. The molecule has 0 saturated carbocycles. The number of nitrogens with two attached hydrogens (primary N) is 2. The number of carbonyl (C=O) groups excluding carboxylic acids is 2. The van der Waals surface area contributed by atoms with Gasteiger partial charge in [0, 0.05) is 52.1 Å². The zero-order valence-corrected chi connectivity index (χ0v) is 35.8. The second-order valence-electron chi connectivity index (χ2n) is 15.1. The molecule has 30 heteroatoms. The van der Waals surface area contributed by atoms with Gasteiger partial charge in [0.2, 0.25) is 5.91 Å². The summed E-state index contributed by atoms with van der Waals surface area (Å²) in [6.45, 7) is 1.70. The summed E-state index contributed by atoms with van der Waals surface area (Å²) in [4.78, 5) is 88.1. The molecule has 2 unspecified atom stereocenters. The van der Waals surface area contributed by atoms with Crippen molar-refractivity contribution in [3.63, 3.8) is 0 Å². The lowest BCUT2D eigenvalue weighted by molar-refractivity contribution is -0.165. The number of halogens is 2. The van der Waals surface area contributed by atoms with Crippen LogP contribution in [0.3, 0.4) is 0 Å². The molecule has 6 rings (SSSR count). The topological polar surface area (TPSA) is 362 Å². The molecule has 0 radical (unpaired) electrons. The number of nitrogen functional groups attached to an aromatic ring is 2. The Kier molecular flexibility index (Phi) is 15.3. The average Bonchev–Trinajstić information content (AvgIpc) is 3.88. The molecule has 0 aliphatic carbocycles. The van der Waals surface area contributed by atoms with Crippen LogP contribution in [-0.2, 0) is 46.5 Å². The number of anilines is 2. The molecule has 9 N–H and O–H groups in total. The number of allylic oxidation sites excluding steroid dienone is 1. The molecule has 0 aromatic carbocycles. The van der Waals surface area contributed by atoms with Crippen molar-refractivity contribution < 1.29 is 80.2 Å². The van der Waals surface area contributed by atoms with Crippen molar-refractivity contribution in [2.75, 3.05) is 51.4 Å². The van der Waals surface area contributed by atoms with Crippen LogP contribution in [0.25, 0.3) is 11.2 Å². The fourth-order valence-electron chi connectivity index (χ4n) is 7.31. The van der Waals surface area contributed by atoms with E-state index < -0.39 is 120 Å². The lowest BCUT2D eigenvalue weighted by atomic mass is 10.1. The number of esters is 1. The summed E-state index contributed by atoms with van der Waals surface area (Å²) in [6, 6.07) is -0.179. The summed E-state index contributed by atoms with van der Waals surface area (Å²) in [7, 11) is -9.31. The maximum Gasteiger partial charge on any atom is 0.472 e. The molecule has 6 heterocycles. The maximum atomic E-state index is 14.1. The smallest absolute Gasteiger partial charge is 0.455 e. The number of imidazole rings is 1. The third-order valence-electron chi connectivity index (χ3n) is 10.7. The zero-order valence-electron chi connectivity index (χ0n) is 34.0. The number of fused-ring (bicyclic) bond motifs is 1. The summed E-state index contributed by atoms with van der Waals surface area (Å²) in [6.07, 6.45) is -10.00. The van der Waals surface area contributed by atoms with Crippen molar-refractivity contribution in [3.8, 4) is 0 Å². The minimum atomic E-state index is -5.46. The van der Waals surface area contributed by atoms with Crippen LogP contribution in [0.2, 0.25) is 0 Å². The van der Waals surface area contributed by atoms with Gasteiger partial charge in [-0.2, -0.15) is 4.98 Å². The first-order valence-corrected chi connectivity index (χ1v) is 22.6. The molecule has 3 aliphatic rings. The van der Waals surface area contributed by atoms with Gasteiger partial charge < -0.3 is 60.4 Å². The van der Waals surface area contributed by atoms with Crippen molar-refractivity contribution in [3.05, 3.63) is 48.1 Å². The Morgan fingerprint density at radius 1 is 1.03 bits per heavy atom. The Morgan fingerprint density at radius 2 is 1.67 bits per heavy atom. The quantitative estimate of drug-likeness (QED) is 0.0439. The lowest BCUT2D eigenvalue weighted by Gasteiger charge is -2.34. The minimum absolute atomic E-state index is 0.0224. The highest BCUT2D eigenvalue weighted by molar-refractivity contribution is 7.47. The van der Waals surface area contributed by atoms with Crippen LogP contribution in [0, 0.1) is 0 Å². The van der Waals surface area contributed by atoms with Gasteiger partial charge in [0.25, 0.3) is 5.92 Å². The molecular weight excluding hydrogens is 904 g/mol. The van der Waals surface area contributed by atoms with E-state index in [0.717, 1.165) is 28.1 Å². The molecule has 26 nitrogen and oxygen atoms in total. The van der Waals surface area contributed by atoms with Crippen LogP contribution in [0.1, 0.15) is 44.6 Å². The fraction of sp³-hybridized carbons (Fsp3) is 0.618. The van der Waals surface area contributed by atoms with Crippen molar-refractivity contribution >= 4 is 50.3 Å². The molecule has 3 aliphatic heterocycles. The number of aliphatic hydroxyl groups is 2. The van der Waals surface area contributed by atoms with Gasteiger partial charge in [-0.25, -0.2) is 42.5 Å². The van der Waals surface area contributed by atoms with Gasteiger partial charge in [-0.1, -0.05) is 6.08 Å². The first-order chi connectivity index (χ1) is 30.1.